The van der Waals surface area contributed by atoms with Crippen LogP contribution < -0.4 is 9.47 Å². The molecule has 2 heterocycles. The summed E-state index contributed by atoms with van der Waals surface area (Å²) in [4.78, 5) is 18.9. The smallest absolute Gasteiger partial charge is 0.260 e. The van der Waals surface area contributed by atoms with Crippen LogP contribution in [0.15, 0.2) is 54.6 Å². The highest BCUT2D eigenvalue weighted by Crippen LogP contribution is 2.26. The summed E-state index contributed by atoms with van der Waals surface area (Å²) < 4.78 is 25.4. The number of carbonyl (C=O) groups excluding carboxylic acids is 1. The number of benzene rings is 2. The number of pyridine rings is 1. The Kier molecular flexibility index (Phi) is 6.32. The van der Waals surface area contributed by atoms with Crippen LogP contribution in [-0.4, -0.2) is 52.8 Å². The van der Waals surface area contributed by atoms with Crippen LogP contribution >= 0.6 is 0 Å². The lowest BCUT2D eigenvalue weighted by atomic mass is 10.1. The quantitative estimate of drug-likeness (QED) is 0.679. The molecule has 0 spiro atoms. The fourth-order valence-corrected chi connectivity index (χ4v) is 3.77. The van der Waals surface area contributed by atoms with E-state index in [4.69, 9.17) is 9.47 Å². The van der Waals surface area contributed by atoms with E-state index in [1.807, 2.05) is 37.3 Å². The number of carbonyl (C=O) groups is 1. The van der Waals surface area contributed by atoms with Gasteiger partial charge in [0.05, 0.1) is 11.6 Å². The molecular weight excluding hydrogens is 399 g/mol. The number of aromatic nitrogens is 1. The zero-order valence-electron chi connectivity index (χ0n) is 17.3. The van der Waals surface area contributed by atoms with Crippen molar-refractivity contribution in [2.24, 2.45) is 0 Å². The number of rotatable bonds is 5. The predicted octanol–water partition coefficient (Wildman–Crippen LogP) is 3.49. The molecular formula is C24H25FN2O4. The van der Waals surface area contributed by atoms with Crippen LogP contribution in [0.4, 0.5) is 4.39 Å². The van der Waals surface area contributed by atoms with Crippen LogP contribution in [-0.2, 0) is 4.79 Å². The van der Waals surface area contributed by atoms with Gasteiger partial charge >= 0.3 is 0 Å². The lowest BCUT2D eigenvalue weighted by Gasteiger charge is -2.22. The first-order valence-corrected chi connectivity index (χ1v) is 10.4. The van der Waals surface area contributed by atoms with E-state index in [9.17, 15) is 14.3 Å². The second-order valence-electron chi connectivity index (χ2n) is 7.68. The minimum Gasteiger partial charge on any atom is -0.485 e. The van der Waals surface area contributed by atoms with Gasteiger partial charge in [0.2, 0.25) is 0 Å². The molecule has 31 heavy (non-hydrogen) atoms. The molecule has 2 aromatic carbocycles. The maximum Gasteiger partial charge on any atom is 0.260 e. The van der Waals surface area contributed by atoms with Gasteiger partial charge in [0.1, 0.15) is 11.9 Å². The predicted molar refractivity (Wildman–Crippen MR) is 115 cm³/mol. The number of aliphatic hydroxyl groups excluding tert-OH is 1. The Morgan fingerprint density at radius 3 is 2.71 bits per heavy atom. The molecule has 2 atom stereocenters. The average Bonchev–Trinajstić information content (AvgIpc) is 2.95. The summed E-state index contributed by atoms with van der Waals surface area (Å²) in [6.45, 7) is 2.56. The first kappa shape index (κ1) is 21.1. The second-order valence-corrected chi connectivity index (χ2v) is 7.68. The highest BCUT2D eigenvalue weighted by molar-refractivity contribution is 5.86. The van der Waals surface area contributed by atoms with Crippen LogP contribution in [0.2, 0.25) is 0 Å². The van der Waals surface area contributed by atoms with Gasteiger partial charge in [-0.1, -0.05) is 24.3 Å². The van der Waals surface area contributed by atoms with Crippen molar-refractivity contribution in [1.29, 1.82) is 0 Å². The Hall–Kier alpha value is -3.19. The van der Waals surface area contributed by atoms with Gasteiger partial charge in [-0.3, -0.25) is 9.78 Å². The molecule has 4 rings (SSSR count). The topological polar surface area (TPSA) is 71.9 Å². The van der Waals surface area contributed by atoms with Crippen molar-refractivity contribution in [3.8, 4) is 11.5 Å². The number of amides is 1. The molecule has 1 amide bonds. The molecule has 1 aliphatic rings. The van der Waals surface area contributed by atoms with Crippen LogP contribution in [0.25, 0.3) is 10.9 Å². The molecule has 0 aliphatic carbocycles. The fourth-order valence-electron chi connectivity index (χ4n) is 3.77. The van der Waals surface area contributed by atoms with Gasteiger partial charge in [-0.2, -0.15) is 0 Å². The summed E-state index contributed by atoms with van der Waals surface area (Å²) in [5.74, 6) is 0.0825. The molecule has 7 heteroatoms. The van der Waals surface area contributed by atoms with E-state index in [2.05, 4.69) is 4.98 Å². The molecule has 3 aromatic rings. The van der Waals surface area contributed by atoms with Gasteiger partial charge in [0.15, 0.2) is 18.2 Å². The summed E-state index contributed by atoms with van der Waals surface area (Å²) in [5, 5.41) is 11.3. The number of fused-ring (bicyclic) bond motifs is 1. The maximum atomic E-state index is 13.9. The lowest BCUT2D eigenvalue weighted by Crippen LogP contribution is -2.36. The Morgan fingerprint density at radius 1 is 1.13 bits per heavy atom. The SMILES string of the molecule is Cc1cc(OCC(=O)N2CC[C@H](Oc3ccccc3F)[C@@H](O)CC2)c2ccccc2n1. The van der Waals surface area contributed by atoms with Gasteiger partial charge in [-0.05, 0) is 37.6 Å². The van der Waals surface area contributed by atoms with E-state index in [1.165, 1.54) is 12.1 Å². The summed E-state index contributed by atoms with van der Waals surface area (Å²) in [5.41, 5.74) is 1.63. The highest BCUT2D eigenvalue weighted by atomic mass is 19.1. The molecule has 162 valence electrons. The summed E-state index contributed by atoms with van der Waals surface area (Å²) >= 11 is 0. The number of aliphatic hydroxyl groups is 1. The number of likely N-dealkylation sites (tertiary alicyclic amines) is 1. The Labute approximate surface area is 180 Å². The third kappa shape index (κ3) is 4.94. The molecule has 1 fully saturated rings. The maximum absolute atomic E-state index is 13.9. The third-order valence-corrected chi connectivity index (χ3v) is 5.43. The van der Waals surface area contributed by atoms with E-state index in [0.29, 0.717) is 31.7 Å². The number of aryl methyl sites for hydroxylation is 1. The molecule has 0 unspecified atom stereocenters. The van der Waals surface area contributed by atoms with Gasteiger partial charge in [0.25, 0.3) is 5.91 Å². The van der Waals surface area contributed by atoms with Crippen molar-refractivity contribution in [2.45, 2.75) is 32.0 Å². The van der Waals surface area contributed by atoms with Crippen molar-refractivity contribution >= 4 is 16.8 Å². The van der Waals surface area contributed by atoms with E-state index >= 15 is 0 Å². The van der Waals surface area contributed by atoms with Crippen LogP contribution in [0, 0.1) is 12.7 Å². The summed E-state index contributed by atoms with van der Waals surface area (Å²) in [6, 6.07) is 15.6. The van der Waals surface area contributed by atoms with Crippen molar-refractivity contribution < 1.29 is 23.8 Å². The van der Waals surface area contributed by atoms with Gasteiger partial charge < -0.3 is 19.5 Å². The molecule has 1 aliphatic heterocycles. The van der Waals surface area contributed by atoms with Crippen molar-refractivity contribution in [1.82, 2.24) is 9.88 Å². The molecule has 1 saturated heterocycles. The molecule has 6 nitrogen and oxygen atoms in total. The number of ether oxygens (including phenoxy) is 2. The van der Waals surface area contributed by atoms with E-state index in [-0.39, 0.29) is 18.3 Å². The van der Waals surface area contributed by atoms with Crippen LogP contribution in [0.5, 0.6) is 11.5 Å². The van der Waals surface area contributed by atoms with E-state index in [1.54, 1.807) is 17.0 Å². The van der Waals surface area contributed by atoms with E-state index < -0.39 is 18.0 Å². The number of para-hydroxylation sites is 2. The molecule has 1 aromatic heterocycles. The number of nitrogens with zero attached hydrogens (tertiary/aromatic N) is 2. The largest absolute Gasteiger partial charge is 0.485 e. The first-order valence-electron chi connectivity index (χ1n) is 10.4. The first-order chi connectivity index (χ1) is 15.0. The Morgan fingerprint density at radius 2 is 1.87 bits per heavy atom. The monoisotopic (exact) mass is 424 g/mol. The second kappa shape index (κ2) is 9.31. The van der Waals surface area contributed by atoms with Crippen molar-refractivity contribution in [3.05, 3.63) is 66.1 Å². The third-order valence-electron chi connectivity index (χ3n) is 5.43. The standard InChI is InChI=1S/C24H25FN2O4/c1-16-14-23(17-6-2-4-8-19(17)26-16)30-15-24(29)27-12-10-20(28)22(11-13-27)31-21-9-5-3-7-18(21)25/h2-9,14,20,22,28H,10-13,15H2,1H3/t20-,22-/m0/s1. The van der Waals surface area contributed by atoms with Crippen LogP contribution in [0.3, 0.4) is 0 Å². The van der Waals surface area contributed by atoms with Gasteiger partial charge in [-0.15, -0.1) is 0 Å². The number of hydrogen-bond donors (Lipinski definition) is 1. The van der Waals surface area contributed by atoms with Crippen molar-refractivity contribution in [3.63, 3.8) is 0 Å². The van der Waals surface area contributed by atoms with Crippen LogP contribution in [0.1, 0.15) is 18.5 Å². The van der Waals surface area contributed by atoms with Crippen molar-refractivity contribution in [2.75, 3.05) is 19.7 Å². The lowest BCUT2D eigenvalue weighted by molar-refractivity contribution is -0.133. The van der Waals surface area contributed by atoms with E-state index in [0.717, 1.165) is 16.6 Å². The Balaban J connectivity index is 1.38. The summed E-state index contributed by atoms with van der Waals surface area (Å²) in [7, 11) is 0. The normalized spacial score (nSPS) is 19.1. The van der Waals surface area contributed by atoms with Gasteiger partial charge in [-0.25, -0.2) is 4.39 Å². The fraction of sp³-hybridized carbons (Fsp3) is 0.333. The average molecular weight is 424 g/mol. The molecule has 0 radical (unpaired) electrons. The minimum absolute atomic E-state index is 0.106. The van der Waals surface area contributed by atoms with Gasteiger partial charge in [0, 0.05) is 36.7 Å². The molecule has 1 N–H and O–H groups in total. The minimum atomic E-state index is -0.787. The zero-order valence-corrected chi connectivity index (χ0v) is 17.3. The highest BCUT2D eigenvalue weighted by Gasteiger charge is 2.29. The Bertz CT molecular complexity index is 1070. The summed E-state index contributed by atoms with van der Waals surface area (Å²) in [6.07, 6.45) is -0.617. The number of hydrogen-bond acceptors (Lipinski definition) is 5. The molecule has 0 saturated carbocycles. The zero-order chi connectivity index (χ0) is 21.8. The number of halogens is 1. The molecule has 0 bridgehead atoms.